The van der Waals surface area contributed by atoms with Crippen molar-refractivity contribution in [3.63, 3.8) is 0 Å². The van der Waals surface area contributed by atoms with Gasteiger partial charge in [-0.25, -0.2) is 4.39 Å². The lowest BCUT2D eigenvalue weighted by Crippen LogP contribution is -2.31. The highest BCUT2D eigenvalue weighted by atomic mass is 19.1. The summed E-state index contributed by atoms with van der Waals surface area (Å²) in [5.41, 5.74) is 1.14. The summed E-state index contributed by atoms with van der Waals surface area (Å²) in [5.74, 6) is -2.64. The molecule has 0 saturated carbocycles. The molecule has 0 aromatic heterocycles. The number of benzene rings is 1. The van der Waals surface area contributed by atoms with E-state index in [1.165, 1.54) is 11.0 Å². The van der Waals surface area contributed by atoms with Crippen molar-refractivity contribution >= 4 is 11.9 Å². The molecule has 1 fully saturated rings. The lowest BCUT2D eigenvalue weighted by Gasteiger charge is -2.26. The fourth-order valence-corrected chi connectivity index (χ4v) is 2.66. The van der Waals surface area contributed by atoms with Crippen LogP contribution in [0.4, 0.5) is 4.39 Å². The Morgan fingerprint density at radius 3 is 2.79 bits per heavy atom. The molecule has 1 aromatic rings. The lowest BCUT2D eigenvalue weighted by molar-refractivity contribution is -0.142. The molecule has 0 bridgehead atoms. The number of hydrogen-bond acceptors (Lipinski definition) is 2. The molecule has 0 aliphatic carbocycles. The number of carboxylic acid groups (broad SMARTS) is 1. The Hall–Kier alpha value is -1.91. The molecule has 0 radical (unpaired) electrons. The van der Waals surface area contributed by atoms with Crippen molar-refractivity contribution in [1.82, 2.24) is 4.90 Å². The van der Waals surface area contributed by atoms with Crippen LogP contribution in [0.2, 0.25) is 0 Å². The highest BCUT2D eigenvalue weighted by Crippen LogP contribution is 2.39. The molecule has 1 N–H and O–H groups in total. The number of carbonyl (C=O) groups excluding carboxylic acids is 1. The summed E-state index contributed by atoms with van der Waals surface area (Å²) < 4.78 is 14.0. The first kappa shape index (κ1) is 13.5. The van der Waals surface area contributed by atoms with Crippen molar-refractivity contribution in [2.45, 2.75) is 26.3 Å². The molecule has 2 atom stereocenters. The number of amides is 1. The molecule has 1 saturated heterocycles. The summed E-state index contributed by atoms with van der Waals surface area (Å²) in [6, 6.07) is 3.86. The SMILES string of the molecule is CCN1C(=O)CC(C(=O)O)C1c1cc(C)ccc1F. The topological polar surface area (TPSA) is 57.6 Å². The van der Waals surface area contributed by atoms with Crippen LogP contribution in [0.3, 0.4) is 0 Å². The number of aryl methyl sites for hydroxylation is 1. The third kappa shape index (κ3) is 2.32. The van der Waals surface area contributed by atoms with Gasteiger partial charge in [-0.2, -0.15) is 0 Å². The Labute approximate surface area is 110 Å². The van der Waals surface area contributed by atoms with Gasteiger partial charge < -0.3 is 10.0 Å². The third-order valence-electron chi connectivity index (χ3n) is 3.56. The van der Waals surface area contributed by atoms with Gasteiger partial charge in [0.25, 0.3) is 0 Å². The van der Waals surface area contributed by atoms with Gasteiger partial charge in [-0.1, -0.05) is 17.7 Å². The molecule has 1 aromatic carbocycles. The van der Waals surface area contributed by atoms with E-state index in [0.717, 1.165) is 5.56 Å². The molecule has 1 aliphatic heterocycles. The molecular formula is C14H16FNO3. The van der Waals surface area contributed by atoms with Crippen LogP contribution >= 0.6 is 0 Å². The first-order chi connectivity index (χ1) is 8.95. The van der Waals surface area contributed by atoms with E-state index in [4.69, 9.17) is 0 Å². The van der Waals surface area contributed by atoms with Crippen molar-refractivity contribution < 1.29 is 19.1 Å². The van der Waals surface area contributed by atoms with Crippen LogP contribution in [0.5, 0.6) is 0 Å². The van der Waals surface area contributed by atoms with Crippen LogP contribution in [-0.2, 0) is 9.59 Å². The van der Waals surface area contributed by atoms with E-state index in [9.17, 15) is 19.1 Å². The third-order valence-corrected chi connectivity index (χ3v) is 3.56. The quantitative estimate of drug-likeness (QED) is 0.910. The predicted molar refractivity (Wildman–Crippen MR) is 67.0 cm³/mol. The average Bonchev–Trinajstić information content (AvgIpc) is 2.69. The zero-order valence-corrected chi connectivity index (χ0v) is 10.9. The smallest absolute Gasteiger partial charge is 0.309 e. The van der Waals surface area contributed by atoms with Gasteiger partial charge in [0, 0.05) is 18.5 Å². The number of aliphatic carboxylic acids is 1. The van der Waals surface area contributed by atoms with Crippen molar-refractivity contribution in [3.05, 3.63) is 35.1 Å². The number of rotatable bonds is 3. The van der Waals surface area contributed by atoms with Gasteiger partial charge in [0.05, 0.1) is 12.0 Å². The van der Waals surface area contributed by atoms with Crippen molar-refractivity contribution in [2.75, 3.05) is 6.54 Å². The first-order valence-electron chi connectivity index (χ1n) is 6.24. The van der Waals surface area contributed by atoms with Crippen LogP contribution in [0, 0.1) is 18.7 Å². The van der Waals surface area contributed by atoms with Gasteiger partial charge in [0.15, 0.2) is 0 Å². The van der Waals surface area contributed by atoms with E-state index in [-0.39, 0.29) is 12.3 Å². The van der Waals surface area contributed by atoms with Gasteiger partial charge in [0.2, 0.25) is 5.91 Å². The summed E-state index contributed by atoms with van der Waals surface area (Å²) in [7, 11) is 0. The lowest BCUT2D eigenvalue weighted by atomic mass is 9.92. The molecule has 0 spiro atoms. The van der Waals surface area contributed by atoms with Crippen LogP contribution in [-0.4, -0.2) is 28.4 Å². The maximum Gasteiger partial charge on any atom is 0.309 e. The zero-order valence-electron chi connectivity index (χ0n) is 10.9. The van der Waals surface area contributed by atoms with E-state index < -0.39 is 23.7 Å². The molecule has 19 heavy (non-hydrogen) atoms. The molecule has 1 aliphatic rings. The molecule has 5 heteroatoms. The van der Waals surface area contributed by atoms with Crippen molar-refractivity contribution in [2.24, 2.45) is 5.92 Å². The highest BCUT2D eigenvalue weighted by Gasteiger charge is 2.44. The Morgan fingerprint density at radius 2 is 2.21 bits per heavy atom. The zero-order chi connectivity index (χ0) is 14.2. The number of likely N-dealkylation sites (tertiary alicyclic amines) is 1. The maximum absolute atomic E-state index is 14.0. The molecule has 2 unspecified atom stereocenters. The van der Waals surface area contributed by atoms with Crippen LogP contribution in [0.15, 0.2) is 18.2 Å². The van der Waals surface area contributed by atoms with E-state index in [2.05, 4.69) is 0 Å². The number of nitrogens with zero attached hydrogens (tertiary/aromatic N) is 1. The monoisotopic (exact) mass is 265 g/mol. The molecule has 4 nitrogen and oxygen atoms in total. The molecular weight excluding hydrogens is 249 g/mol. The van der Waals surface area contributed by atoms with Gasteiger partial charge in [0.1, 0.15) is 5.82 Å². The van der Waals surface area contributed by atoms with Crippen molar-refractivity contribution in [3.8, 4) is 0 Å². The summed E-state index contributed by atoms with van der Waals surface area (Å²) in [6.45, 7) is 3.95. The first-order valence-corrected chi connectivity index (χ1v) is 6.24. The Bertz CT molecular complexity index is 529. The number of hydrogen-bond donors (Lipinski definition) is 1. The fourth-order valence-electron chi connectivity index (χ4n) is 2.66. The van der Waals surface area contributed by atoms with Crippen molar-refractivity contribution in [1.29, 1.82) is 0 Å². The van der Waals surface area contributed by atoms with E-state index in [0.29, 0.717) is 12.1 Å². The molecule has 2 rings (SSSR count). The molecule has 1 amide bonds. The normalized spacial score (nSPS) is 22.9. The second-order valence-electron chi connectivity index (χ2n) is 4.80. The Balaban J connectivity index is 2.51. The van der Waals surface area contributed by atoms with Gasteiger partial charge >= 0.3 is 5.97 Å². The number of carboxylic acids is 1. The maximum atomic E-state index is 14.0. The minimum absolute atomic E-state index is 0.0682. The van der Waals surface area contributed by atoms with E-state index in [1.54, 1.807) is 19.1 Å². The summed E-state index contributed by atoms with van der Waals surface area (Å²) >= 11 is 0. The minimum atomic E-state index is -1.06. The van der Waals surface area contributed by atoms with Gasteiger partial charge in [-0.15, -0.1) is 0 Å². The Morgan fingerprint density at radius 1 is 1.53 bits per heavy atom. The van der Waals surface area contributed by atoms with E-state index >= 15 is 0 Å². The predicted octanol–water partition coefficient (Wildman–Crippen LogP) is 2.13. The fraction of sp³-hybridized carbons (Fsp3) is 0.429. The van der Waals surface area contributed by atoms with Crippen LogP contribution in [0.1, 0.15) is 30.5 Å². The number of carbonyl (C=O) groups is 2. The van der Waals surface area contributed by atoms with E-state index in [1.807, 2.05) is 6.92 Å². The molecule has 1 heterocycles. The largest absolute Gasteiger partial charge is 0.481 e. The van der Waals surface area contributed by atoms with Crippen LogP contribution < -0.4 is 0 Å². The summed E-state index contributed by atoms with van der Waals surface area (Å²) in [5, 5.41) is 9.23. The highest BCUT2D eigenvalue weighted by molar-refractivity contribution is 5.87. The molecule has 102 valence electrons. The number of halogens is 1. The second-order valence-corrected chi connectivity index (χ2v) is 4.80. The average molecular weight is 265 g/mol. The standard InChI is InChI=1S/C14H16FNO3/c1-3-16-12(17)7-10(14(18)19)13(16)9-6-8(2)4-5-11(9)15/h4-6,10,13H,3,7H2,1-2H3,(H,18,19). The summed E-state index contributed by atoms with van der Waals surface area (Å²) in [6.07, 6.45) is -0.0682. The Kier molecular flexibility index (Phi) is 3.55. The van der Waals surface area contributed by atoms with Gasteiger partial charge in [-0.3, -0.25) is 9.59 Å². The van der Waals surface area contributed by atoms with Crippen LogP contribution in [0.25, 0.3) is 0 Å². The van der Waals surface area contributed by atoms with Gasteiger partial charge in [-0.05, 0) is 19.9 Å². The second kappa shape index (κ2) is 4.99. The minimum Gasteiger partial charge on any atom is -0.481 e. The summed E-state index contributed by atoms with van der Waals surface area (Å²) in [4.78, 5) is 24.6.